The van der Waals surface area contributed by atoms with Crippen molar-refractivity contribution in [1.29, 1.82) is 0 Å². The van der Waals surface area contributed by atoms with Gasteiger partial charge in [-0.1, -0.05) is 24.3 Å². The number of carbonyl (C=O) groups is 1. The second kappa shape index (κ2) is 7.38. The highest BCUT2D eigenvalue weighted by molar-refractivity contribution is 5.97. The second-order valence-corrected chi connectivity index (χ2v) is 5.25. The average Bonchev–Trinajstić information content (AvgIpc) is 2.55. The topological polar surface area (TPSA) is 38.3 Å². The zero-order valence-electron chi connectivity index (χ0n) is 13.4. The van der Waals surface area contributed by atoms with Crippen LogP contribution in [0.2, 0.25) is 0 Å². The Morgan fingerprint density at radius 2 is 1.88 bits per heavy atom. The smallest absolute Gasteiger partial charge is 0.416 e. The molecule has 0 fully saturated rings. The minimum atomic E-state index is -4.42. The molecule has 1 atom stereocenters. The first-order chi connectivity index (χ1) is 11.3. The van der Waals surface area contributed by atoms with Crippen molar-refractivity contribution in [3.05, 3.63) is 65.2 Å². The molecule has 0 spiro atoms. The number of amides is 1. The predicted octanol–water partition coefficient (Wildman–Crippen LogP) is 4.60. The van der Waals surface area contributed by atoms with Crippen LogP contribution in [0.4, 0.5) is 13.2 Å². The fourth-order valence-electron chi connectivity index (χ4n) is 2.28. The van der Waals surface area contributed by atoms with Crippen molar-refractivity contribution in [2.45, 2.75) is 26.1 Å². The number of ether oxygens (including phenoxy) is 1. The molecule has 1 amide bonds. The normalized spacial score (nSPS) is 12.5. The van der Waals surface area contributed by atoms with Gasteiger partial charge in [-0.3, -0.25) is 4.79 Å². The molecule has 1 N–H and O–H groups in total. The van der Waals surface area contributed by atoms with Gasteiger partial charge in [0.05, 0.1) is 23.8 Å². The fraction of sp³-hybridized carbons (Fsp3) is 0.278. The van der Waals surface area contributed by atoms with E-state index < -0.39 is 23.7 Å². The molecule has 2 rings (SSSR count). The van der Waals surface area contributed by atoms with E-state index in [4.69, 9.17) is 4.74 Å². The predicted molar refractivity (Wildman–Crippen MR) is 84.9 cm³/mol. The molecule has 128 valence electrons. The molecule has 0 saturated heterocycles. The van der Waals surface area contributed by atoms with Gasteiger partial charge in [0.15, 0.2) is 0 Å². The lowest BCUT2D eigenvalue weighted by Gasteiger charge is -2.17. The van der Waals surface area contributed by atoms with Crippen LogP contribution in [0, 0.1) is 0 Å². The van der Waals surface area contributed by atoms with Crippen LogP contribution in [-0.4, -0.2) is 12.5 Å². The lowest BCUT2D eigenvalue weighted by atomic mass is 10.0. The number of para-hydroxylation sites is 1. The summed E-state index contributed by atoms with van der Waals surface area (Å²) < 4.78 is 43.8. The molecule has 0 heterocycles. The molecule has 0 saturated carbocycles. The summed E-state index contributed by atoms with van der Waals surface area (Å²) in [6, 6.07) is 11.1. The summed E-state index contributed by atoms with van der Waals surface area (Å²) in [4.78, 5) is 12.4. The lowest BCUT2D eigenvalue weighted by Crippen LogP contribution is -2.27. The Morgan fingerprint density at radius 1 is 1.17 bits per heavy atom. The Hall–Kier alpha value is -2.50. The average molecular weight is 337 g/mol. The summed E-state index contributed by atoms with van der Waals surface area (Å²) in [6.45, 7) is 3.85. The van der Waals surface area contributed by atoms with E-state index in [-0.39, 0.29) is 0 Å². The third kappa shape index (κ3) is 4.28. The van der Waals surface area contributed by atoms with Gasteiger partial charge < -0.3 is 10.1 Å². The highest BCUT2D eigenvalue weighted by Gasteiger charge is 2.30. The molecule has 2 aromatic rings. The van der Waals surface area contributed by atoms with E-state index in [1.165, 1.54) is 6.07 Å². The third-order valence-corrected chi connectivity index (χ3v) is 3.49. The summed E-state index contributed by atoms with van der Waals surface area (Å²) in [5.41, 5.74) is -0.0129. The number of halogens is 3. The maximum atomic E-state index is 12.8. The van der Waals surface area contributed by atoms with E-state index in [0.29, 0.717) is 23.5 Å². The Kier molecular flexibility index (Phi) is 5.49. The second-order valence-electron chi connectivity index (χ2n) is 5.25. The molecule has 0 bridgehead atoms. The van der Waals surface area contributed by atoms with Crippen LogP contribution in [0.3, 0.4) is 0 Å². The van der Waals surface area contributed by atoms with Crippen LogP contribution < -0.4 is 10.1 Å². The minimum absolute atomic E-state index is 0.346. The number of hydrogen-bond acceptors (Lipinski definition) is 2. The molecule has 0 aromatic heterocycles. The van der Waals surface area contributed by atoms with E-state index in [1.807, 2.05) is 0 Å². The monoisotopic (exact) mass is 337 g/mol. The summed E-state index contributed by atoms with van der Waals surface area (Å²) in [7, 11) is 0. The van der Waals surface area contributed by atoms with Gasteiger partial charge in [-0.2, -0.15) is 13.2 Å². The standard InChI is InChI=1S/C18H18F3NO2/c1-3-24-16-10-5-4-9-15(16)17(23)22-12(2)13-7-6-8-14(11-13)18(19,20)21/h4-12H,3H2,1-2H3,(H,22,23)/t12-/m0/s1. The van der Waals surface area contributed by atoms with Crippen LogP contribution in [0.25, 0.3) is 0 Å². The number of alkyl halides is 3. The van der Waals surface area contributed by atoms with Crippen molar-refractivity contribution in [3.8, 4) is 5.75 Å². The van der Waals surface area contributed by atoms with Gasteiger partial charge in [0.2, 0.25) is 0 Å². The molecule has 24 heavy (non-hydrogen) atoms. The molecule has 6 heteroatoms. The number of rotatable bonds is 5. The largest absolute Gasteiger partial charge is 0.493 e. The summed E-state index contributed by atoms with van der Waals surface area (Å²) in [6.07, 6.45) is -4.42. The van der Waals surface area contributed by atoms with E-state index >= 15 is 0 Å². The van der Waals surface area contributed by atoms with E-state index in [9.17, 15) is 18.0 Å². The molecular formula is C18H18F3NO2. The molecule has 3 nitrogen and oxygen atoms in total. The highest BCUT2D eigenvalue weighted by Crippen LogP contribution is 2.30. The van der Waals surface area contributed by atoms with E-state index in [0.717, 1.165) is 12.1 Å². The zero-order chi connectivity index (χ0) is 17.7. The number of benzene rings is 2. The molecule has 0 radical (unpaired) electrons. The van der Waals surface area contributed by atoms with Crippen molar-refractivity contribution < 1.29 is 22.7 Å². The van der Waals surface area contributed by atoms with Crippen LogP contribution in [0.1, 0.15) is 41.4 Å². The first-order valence-electron chi connectivity index (χ1n) is 7.52. The number of carbonyl (C=O) groups excluding carboxylic acids is 1. The molecule has 0 aliphatic carbocycles. The summed E-state index contributed by atoms with van der Waals surface area (Å²) in [5.74, 6) is 0.0395. The van der Waals surface area contributed by atoms with Gasteiger partial charge in [-0.25, -0.2) is 0 Å². The first-order valence-corrected chi connectivity index (χ1v) is 7.52. The lowest BCUT2D eigenvalue weighted by molar-refractivity contribution is -0.137. The van der Waals surface area contributed by atoms with Gasteiger partial charge in [-0.15, -0.1) is 0 Å². The fourth-order valence-corrected chi connectivity index (χ4v) is 2.28. The van der Waals surface area contributed by atoms with Crippen molar-refractivity contribution in [1.82, 2.24) is 5.32 Å². The zero-order valence-corrected chi connectivity index (χ0v) is 13.4. The Labute approximate surface area is 138 Å². The molecule has 2 aromatic carbocycles. The van der Waals surface area contributed by atoms with Gasteiger partial charge in [0.25, 0.3) is 5.91 Å². The maximum Gasteiger partial charge on any atom is 0.416 e. The SMILES string of the molecule is CCOc1ccccc1C(=O)N[C@@H](C)c1cccc(C(F)(F)F)c1. The number of nitrogens with one attached hydrogen (secondary N) is 1. The van der Waals surface area contributed by atoms with Crippen molar-refractivity contribution in [2.24, 2.45) is 0 Å². The Morgan fingerprint density at radius 3 is 2.54 bits per heavy atom. The van der Waals surface area contributed by atoms with Crippen molar-refractivity contribution in [3.63, 3.8) is 0 Å². The molecule has 0 aliphatic rings. The van der Waals surface area contributed by atoms with Gasteiger partial charge in [0, 0.05) is 0 Å². The third-order valence-electron chi connectivity index (χ3n) is 3.49. The quantitative estimate of drug-likeness (QED) is 0.866. The van der Waals surface area contributed by atoms with Crippen LogP contribution in [-0.2, 0) is 6.18 Å². The molecule has 0 aliphatic heterocycles. The van der Waals surface area contributed by atoms with Gasteiger partial charge in [0.1, 0.15) is 5.75 Å². The molecular weight excluding hydrogens is 319 g/mol. The summed E-state index contributed by atoms with van der Waals surface area (Å²) >= 11 is 0. The number of hydrogen-bond donors (Lipinski definition) is 1. The highest BCUT2D eigenvalue weighted by atomic mass is 19.4. The van der Waals surface area contributed by atoms with E-state index in [1.54, 1.807) is 44.2 Å². The van der Waals surface area contributed by atoms with Crippen molar-refractivity contribution >= 4 is 5.91 Å². The minimum Gasteiger partial charge on any atom is -0.493 e. The van der Waals surface area contributed by atoms with Crippen LogP contribution >= 0.6 is 0 Å². The first kappa shape index (κ1) is 17.8. The molecule has 0 unspecified atom stereocenters. The van der Waals surface area contributed by atoms with Gasteiger partial charge in [-0.05, 0) is 43.7 Å². The van der Waals surface area contributed by atoms with Crippen LogP contribution in [0.15, 0.2) is 48.5 Å². The van der Waals surface area contributed by atoms with E-state index in [2.05, 4.69) is 5.32 Å². The van der Waals surface area contributed by atoms with Crippen molar-refractivity contribution in [2.75, 3.05) is 6.61 Å². The Bertz CT molecular complexity index is 713. The maximum absolute atomic E-state index is 12.8. The Balaban J connectivity index is 2.18. The van der Waals surface area contributed by atoms with Gasteiger partial charge >= 0.3 is 6.18 Å². The summed E-state index contributed by atoms with van der Waals surface area (Å²) in [5, 5.41) is 2.70. The van der Waals surface area contributed by atoms with Crippen LogP contribution in [0.5, 0.6) is 5.75 Å².